The molecule has 0 radical (unpaired) electrons. The van der Waals surface area contributed by atoms with Gasteiger partial charge < -0.3 is 10.6 Å². The van der Waals surface area contributed by atoms with E-state index >= 15 is 0 Å². The van der Waals surface area contributed by atoms with Gasteiger partial charge in [0.2, 0.25) is 5.91 Å². The lowest BCUT2D eigenvalue weighted by Crippen LogP contribution is -2.38. The normalized spacial score (nSPS) is 33.7. The summed E-state index contributed by atoms with van der Waals surface area (Å²) in [4.78, 5) is 11.6. The molecule has 2 saturated heterocycles. The molecule has 2 N–H and O–H groups in total. The fourth-order valence-electron chi connectivity index (χ4n) is 2.25. The van der Waals surface area contributed by atoms with Gasteiger partial charge in [0, 0.05) is 13.1 Å². The van der Waals surface area contributed by atoms with Crippen LogP contribution >= 0.6 is 12.4 Å². The Bertz CT molecular complexity index is 188. The molecule has 2 aliphatic heterocycles. The molecule has 0 aromatic heterocycles. The van der Waals surface area contributed by atoms with Crippen molar-refractivity contribution in [2.24, 2.45) is 5.41 Å². The summed E-state index contributed by atoms with van der Waals surface area (Å²) in [5.74, 6) is 0.275. The minimum Gasteiger partial charge on any atom is -0.356 e. The molecule has 0 saturated carbocycles. The third-order valence-electron chi connectivity index (χ3n) is 3.09. The third kappa shape index (κ3) is 1.97. The first-order valence-corrected chi connectivity index (χ1v) is 4.83. The van der Waals surface area contributed by atoms with Crippen molar-refractivity contribution in [2.45, 2.75) is 25.7 Å². The van der Waals surface area contributed by atoms with Crippen molar-refractivity contribution in [3.63, 3.8) is 0 Å². The van der Waals surface area contributed by atoms with Crippen LogP contribution in [0.25, 0.3) is 0 Å². The highest BCUT2D eigenvalue weighted by molar-refractivity contribution is 5.85. The van der Waals surface area contributed by atoms with Crippen molar-refractivity contribution in [3.8, 4) is 0 Å². The second-order valence-corrected chi connectivity index (χ2v) is 3.92. The molecule has 0 bridgehead atoms. The Morgan fingerprint density at radius 1 is 1.15 bits per heavy atom. The predicted octanol–water partition coefficient (Wildman–Crippen LogP) is 0.688. The first-order chi connectivity index (χ1) is 5.83. The average Bonchev–Trinajstić information content (AvgIpc) is 2.33. The number of hydrogen-bond donors (Lipinski definition) is 2. The van der Waals surface area contributed by atoms with E-state index in [9.17, 15) is 4.79 Å². The fourth-order valence-corrected chi connectivity index (χ4v) is 2.25. The van der Waals surface area contributed by atoms with E-state index in [1.165, 1.54) is 12.8 Å². The molecule has 1 amide bonds. The summed E-state index contributed by atoms with van der Waals surface area (Å²) in [5, 5.41) is 6.28. The zero-order valence-electron chi connectivity index (χ0n) is 7.77. The van der Waals surface area contributed by atoms with Crippen LogP contribution in [0.2, 0.25) is 0 Å². The summed E-state index contributed by atoms with van der Waals surface area (Å²) in [5.41, 5.74) is -0.0451. The van der Waals surface area contributed by atoms with Crippen molar-refractivity contribution >= 4 is 18.3 Å². The van der Waals surface area contributed by atoms with E-state index in [-0.39, 0.29) is 23.7 Å². The lowest BCUT2D eigenvalue weighted by molar-refractivity contribution is -0.127. The second-order valence-electron chi connectivity index (χ2n) is 3.92. The minimum atomic E-state index is -0.0451. The van der Waals surface area contributed by atoms with Crippen LogP contribution in [0.5, 0.6) is 0 Å². The van der Waals surface area contributed by atoms with Gasteiger partial charge in [-0.15, -0.1) is 12.4 Å². The molecule has 0 aromatic rings. The van der Waals surface area contributed by atoms with E-state index in [2.05, 4.69) is 10.6 Å². The molecule has 0 aromatic carbocycles. The van der Waals surface area contributed by atoms with Gasteiger partial charge in [-0.05, 0) is 25.8 Å². The van der Waals surface area contributed by atoms with Gasteiger partial charge in [-0.25, -0.2) is 0 Å². The molecule has 1 atom stereocenters. The van der Waals surface area contributed by atoms with Crippen LogP contribution < -0.4 is 10.6 Å². The number of hydrogen-bond acceptors (Lipinski definition) is 2. The van der Waals surface area contributed by atoms with E-state index in [0.717, 1.165) is 32.5 Å². The van der Waals surface area contributed by atoms with Crippen molar-refractivity contribution in [2.75, 3.05) is 19.6 Å². The van der Waals surface area contributed by atoms with Crippen LogP contribution in [-0.4, -0.2) is 25.5 Å². The highest BCUT2D eigenvalue weighted by Gasteiger charge is 2.41. The van der Waals surface area contributed by atoms with Crippen molar-refractivity contribution < 1.29 is 4.79 Å². The van der Waals surface area contributed by atoms with Gasteiger partial charge in [-0.3, -0.25) is 4.79 Å². The summed E-state index contributed by atoms with van der Waals surface area (Å²) >= 11 is 0. The van der Waals surface area contributed by atoms with Gasteiger partial charge in [0.25, 0.3) is 0 Å². The summed E-state index contributed by atoms with van der Waals surface area (Å²) in [6, 6.07) is 0. The zero-order valence-corrected chi connectivity index (χ0v) is 8.58. The Labute approximate surface area is 85.1 Å². The molecule has 0 aliphatic carbocycles. The van der Waals surface area contributed by atoms with E-state index in [4.69, 9.17) is 0 Å². The van der Waals surface area contributed by atoms with Gasteiger partial charge in [0.1, 0.15) is 0 Å². The molecule has 2 rings (SSSR count). The number of halogens is 1. The van der Waals surface area contributed by atoms with Gasteiger partial charge in [0.15, 0.2) is 0 Å². The maximum absolute atomic E-state index is 11.6. The number of carbonyl (C=O) groups excluding carboxylic acids is 1. The molecule has 2 fully saturated rings. The molecule has 1 spiro atoms. The fraction of sp³-hybridized carbons (Fsp3) is 0.889. The van der Waals surface area contributed by atoms with Crippen LogP contribution in [-0.2, 0) is 4.79 Å². The predicted molar refractivity (Wildman–Crippen MR) is 54.0 cm³/mol. The molecule has 4 heteroatoms. The highest BCUT2D eigenvalue weighted by Crippen LogP contribution is 2.33. The molecular formula is C9H17ClN2O. The van der Waals surface area contributed by atoms with Crippen molar-refractivity contribution in [3.05, 3.63) is 0 Å². The Kier molecular flexibility index (Phi) is 3.56. The highest BCUT2D eigenvalue weighted by atomic mass is 35.5. The summed E-state index contributed by atoms with van der Waals surface area (Å²) in [6.07, 6.45) is 4.51. The molecule has 2 heterocycles. The largest absolute Gasteiger partial charge is 0.356 e. The lowest BCUT2D eigenvalue weighted by Gasteiger charge is -2.23. The lowest BCUT2D eigenvalue weighted by atomic mass is 9.82. The Morgan fingerprint density at radius 3 is 2.69 bits per heavy atom. The van der Waals surface area contributed by atoms with Crippen LogP contribution in [0, 0.1) is 5.41 Å². The van der Waals surface area contributed by atoms with Crippen LogP contribution in [0.1, 0.15) is 25.7 Å². The molecule has 1 unspecified atom stereocenters. The summed E-state index contributed by atoms with van der Waals surface area (Å²) < 4.78 is 0. The van der Waals surface area contributed by atoms with Gasteiger partial charge in [-0.2, -0.15) is 0 Å². The molecule has 3 nitrogen and oxygen atoms in total. The SMILES string of the molecule is Cl.O=C1NCCC12CCCCNC2. The number of carbonyl (C=O) groups is 1. The van der Waals surface area contributed by atoms with Crippen molar-refractivity contribution in [1.29, 1.82) is 0 Å². The minimum absolute atomic E-state index is 0. The Morgan fingerprint density at radius 2 is 2.00 bits per heavy atom. The molecular weight excluding hydrogens is 188 g/mol. The first kappa shape index (κ1) is 10.8. The Hall–Kier alpha value is -0.280. The number of amides is 1. The van der Waals surface area contributed by atoms with E-state index in [1.807, 2.05) is 0 Å². The topological polar surface area (TPSA) is 41.1 Å². The first-order valence-electron chi connectivity index (χ1n) is 4.83. The average molecular weight is 205 g/mol. The van der Waals surface area contributed by atoms with Gasteiger partial charge in [-0.1, -0.05) is 6.42 Å². The number of nitrogens with one attached hydrogen (secondary N) is 2. The van der Waals surface area contributed by atoms with Crippen molar-refractivity contribution in [1.82, 2.24) is 10.6 Å². The summed E-state index contributed by atoms with van der Waals surface area (Å²) in [6.45, 7) is 2.84. The maximum atomic E-state index is 11.6. The summed E-state index contributed by atoms with van der Waals surface area (Å²) in [7, 11) is 0. The molecule has 76 valence electrons. The van der Waals surface area contributed by atoms with Crippen LogP contribution in [0.3, 0.4) is 0 Å². The van der Waals surface area contributed by atoms with E-state index < -0.39 is 0 Å². The van der Waals surface area contributed by atoms with Gasteiger partial charge in [0.05, 0.1) is 5.41 Å². The number of rotatable bonds is 0. The van der Waals surface area contributed by atoms with E-state index in [1.54, 1.807) is 0 Å². The standard InChI is InChI=1S/C9H16N2O.ClH/c12-8-9(4-6-11-8)3-1-2-5-10-7-9;/h10H,1-7H2,(H,11,12);1H. The zero-order chi connectivity index (χ0) is 8.44. The monoisotopic (exact) mass is 204 g/mol. The second kappa shape index (κ2) is 4.29. The van der Waals surface area contributed by atoms with E-state index in [0.29, 0.717) is 0 Å². The van der Waals surface area contributed by atoms with Gasteiger partial charge >= 0.3 is 0 Å². The maximum Gasteiger partial charge on any atom is 0.227 e. The third-order valence-corrected chi connectivity index (χ3v) is 3.09. The quantitative estimate of drug-likeness (QED) is 0.610. The molecule has 13 heavy (non-hydrogen) atoms. The smallest absolute Gasteiger partial charge is 0.227 e. The molecule has 2 aliphatic rings. The van der Waals surface area contributed by atoms with Crippen LogP contribution in [0.15, 0.2) is 0 Å². The van der Waals surface area contributed by atoms with Crippen LogP contribution in [0.4, 0.5) is 0 Å². The Balaban J connectivity index is 0.000000845.